The quantitative estimate of drug-likeness (QED) is 0.455. The van der Waals surface area contributed by atoms with Gasteiger partial charge in [0.1, 0.15) is 23.0 Å². The van der Waals surface area contributed by atoms with Crippen LogP contribution in [0.4, 0.5) is 0 Å². The highest BCUT2D eigenvalue weighted by Crippen LogP contribution is 2.41. The molecule has 3 aromatic rings. The van der Waals surface area contributed by atoms with Crippen molar-refractivity contribution in [3.05, 3.63) is 82.4 Å². The van der Waals surface area contributed by atoms with Gasteiger partial charge in [-0.05, 0) is 42.5 Å². The molecule has 176 valence electrons. The fourth-order valence-corrected chi connectivity index (χ4v) is 4.16. The second kappa shape index (κ2) is 10.1. The van der Waals surface area contributed by atoms with E-state index in [1.807, 2.05) is 30.3 Å². The van der Waals surface area contributed by atoms with Crippen molar-refractivity contribution in [3.63, 3.8) is 0 Å². The Bertz CT molecular complexity index is 1220. The van der Waals surface area contributed by atoms with Gasteiger partial charge in [0.15, 0.2) is 0 Å². The van der Waals surface area contributed by atoms with E-state index in [0.717, 1.165) is 11.1 Å². The highest BCUT2D eigenvalue weighted by molar-refractivity contribution is 6.33. The fourth-order valence-electron chi connectivity index (χ4n) is 3.95. The molecule has 3 aromatic carbocycles. The molecular weight excluding hydrogens is 456 g/mol. The van der Waals surface area contributed by atoms with E-state index in [9.17, 15) is 4.79 Å². The third kappa shape index (κ3) is 4.52. The van der Waals surface area contributed by atoms with Crippen molar-refractivity contribution in [2.75, 3.05) is 28.4 Å². The lowest BCUT2D eigenvalue weighted by Gasteiger charge is -2.24. The van der Waals surface area contributed by atoms with Gasteiger partial charge in [0.25, 0.3) is 5.91 Å². The van der Waals surface area contributed by atoms with Crippen molar-refractivity contribution in [2.24, 2.45) is 5.10 Å². The van der Waals surface area contributed by atoms with Gasteiger partial charge >= 0.3 is 0 Å². The summed E-state index contributed by atoms with van der Waals surface area (Å²) in [6.07, 6.45) is 0.441. The van der Waals surface area contributed by atoms with E-state index in [-0.39, 0.29) is 5.91 Å². The van der Waals surface area contributed by atoms with E-state index >= 15 is 0 Å². The van der Waals surface area contributed by atoms with E-state index in [2.05, 4.69) is 0 Å². The van der Waals surface area contributed by atoms with Crippen LogP contribution in [0.2, 0.25) is 5.02 Å². The molecule has 0 N–H and O–H groups in total. The molecule has 4 rings (SSSR count). The average Bonchev–Trinajstić information content (AvgIpc) is 3.33. The monoisotopic (exact) mass is 480 g/mol. The van der Waals surface area contributed by atoms with E-state index in [4.69, 9.17) is 35.6 Å². The van der Waals surface area contributed by atoms with E-state index in [1.165, 1.54) is 5.01 Å². The average molecular weight is 481 g/mol. The first kappa shape index (κ1) is 23.4. The molecule has 1 aliphatic rings. The molecule has 34 heavy (non-hydrogen) atoms. The Hall–Kier alpha value is -3.71. The lowest BCUT2D eigenvalue weighted by molar-refractivity contribution is 0.0709. The van der Waals surface area contributed by atoms with Crippen LogP contribution in [0.15, 0.2) is 65.8 Å². The first-order valence-corrected chi connectivity index (χ1v) is 11.0. The predicted molar refractivity (Wildman–Crippen MR) is 131 cm³/mol. The molecule has 0 radical (unpaired) electrons. The van der Waals surface area contributed by atoms with E-state index in [0.29, 0.717) is 45.7 Å². The van der Waals surface area contributed by atoms with Crippen molar-refractivity contribution in [1.82, 2.24) is 5.01 Å². The van der Waals surface area contributed by atoms with Crippen molar-refractivity contribution in [3.8, 4) is 23.0 Å². The molecule has 0 aromatic heterocycles. The molecule has 1 heterocycles. The number of methoxy groups -OCH3 is 4. The minimum absolute atomic E-state index is 0.315. The van der Waals surface area contributed by atoms with Gasteiger partial charge in [0.05, 0.1) is 50.8 Å². The SMILES string of the molecule is COc1cc(OC)cc(C2=NN(C(=O)c3ccccc3Cl)[C@H](c3cc(OC)ccc3OC)C2)c1. The highest BCUT2D eigenvalue weighted by atomic mass is 35.5. The Morgan fingerprint density at radius 1 is 0.882 bits per heavy atom. The first-order chi connectivity index (χ1) is 16.5. The molecule has 1 atom stereocenters. The number of carbonyl (C=O) groups is 1. The predicted octanol–water partition coefficient (Wildman–Crippen LogP) is 5.37. The van der Waals surface area contributed by atoms with Crippen LogP contribution in [0.3, 0.4) is 0 Å². The summed E-state index contributed by atoms with van der Waals surface area (Å²) < 4.78 is 21.9. The second-order valence-electron chi connectivity index (χ2n) is 7.61. The lowest BCUT2D eigenvalue weighted by Crippen LogP contribution is -2.27. The van der Waals surface area contributed by atoms with Gasteiger partial charge in [-0.3, -0.25) is 4.79 Å². The Labute approximate surface area is 203 Å². The van der Waals surface area contributed by atoms with Crippen LogP contribution in [0.25, 0.3) is 0 Å². The molecule has 0 saturated heterocycles. The summed E-state index contributed by atoms with van der Waals surface area (Å²) in [5.74, 6) is 2.22. The molecule has 0 saturated carbocycles. The Morgan fingerprint density at radius 3 is 2.18 bits per heavy atom. The first-order valence-electron chi connectivity index (χ1n) is 10.6. The van der Waals surface area contributed by atoms with Gasteiger partial charge in [-0.15, -0.1) is 0 Å². The molecule has 0 aliphatic carbocycles. The van der Waals surface area contributed by atoms with Crippen LogP contribution in [0.1, 0.15) is 33.9 Å². The van der Waals surface area contributed by atoms with Crippen molar-refractivity contribution < 1.29 is 23.7 Å². The number of halogens is 1. The lowest BCUT2D eigenvalue weighted by atomic mass is 9.96. The summed E-state index contributed by atoms with van der Waals surface area (Å²) in [6.45, 7) is 0. The number of hydrazone groups is 1. The third-order valence-corrected chi connectivity index (χ3v) is 6.03. The standard InChI is InChI=1S/C26H25ClN2O5/c1-31-17-9-10-25(34-4)21(14-17)24-15-23(16-11-18(32-2)13-19(12-16)33-3)28-29(24)26(30)20-7-5-6-8-22(20)27/h5-14,24H,15H2,1-4H3/t24-/m0/s1. The Morgan fingerprint density at radius 2 is 1.56 bits per heavy atom. The number of carbonyl (C=O) groups excluding carboxylic acids is 1. The molecule has 7 nitrogen and oxygen atoms in total. The van der Waals surface area contributed by atoms with Crippen molar-refractivity contribution in [1.29, 1.82) is 0 Å². The maximum absolute atomic E-state index is 13.6. The largest absolute Gasteiger partial charge is 0.497 e. The smallest absolute Gasteiger partial charge is 0.276 e. The topological polar surface area (TPSA) is 69.6 Å². The van der Waals surface area contributed by atoms with Gasteiger partial charge in [0.2, 0.25) is 0 Å². The van der Waals surface area contributed by atoms with Crippen LogP contribution in [-0.2, 0) is 0 Å². The normalized spacial score (nSPS) is 15.0. The second-order valence-corrected chi connectivity index (χ2v) is 8.01. The summed E-state index contributed by atoms with van der Waals surface area (Å²) in [5.41, 5.74) is 2.63. The number of benzene rings is 3. The number of hydrogen-bond donors (Lipinski definition) is 0. The zero-order valence-corrected chi connectivity index (χ0v) is 20.1. The minimum Gasteiger partial charge on any atom is -0.497 e. The maximum atomic E-state index is 13.6. The molecule has 8 heteroatoms. The van der Waals surface area contributed by atoms with E-state index in [1.54, 1.807) is 58.8 Å². The molecular formula is C26H25ClN2O5. The van der Waals surface area contributed by atoms with Gasteiger partial charge < -0.3 is 18.9 Å². The molecule has 0 unspecified atom stereocenters. The number of amides is 1. The number of ether oxygens (including phenoxy) is 4. The third-order valence-electron chi connectivity index (χ3n) is 5.70. The number of rotatable bonds is 7. The van der Waals surface area contributed by atoms with Gasteiger partial charge in [0, 0.05) is 23.6 Å². The molecule has 1 aliphatic heterocycles. The summed E-state index contributed by atoms with van der Waals surface area (Å²) in [5, 5.41) is 6.56. The van der Waals surface area contributed by atoms with Crippen LogP contribution >= 0.6 is 11.6 Å². The fraction of sp³-hybridized carbons (Fsp3) is 0.231. The number of nitrogens with zero attached hydrogens (tertiary/aromatic N) is 2. The van der Waals surface area contributed by atoms with Crippen LogP contribution < -0.4 is 18.9 Å². The molecule has 0 fully saturated rings. The summed E-state index contributed by atoms with van der Waals surface area (Å²) in [7, 11) is 6.37. The summed E-state index contributed by atoms with van der Waals surface area (Å²) in [4.78, 5) is 13.6. The van der Waals surface area contributed by atoms with Crippen LogP contribution in [0, 0.1) is 0 Å². The molecule has 0 bridgehead atoms. The summed E-state index contributed by atoms with van der Waals surface area (Å²) in [6, 6.07) is 17.5. The maximum Gasteiger partial charge on any atom is 0.276 e. The van der Waals surface area contributed by atoms with Gasteiger partial charge in [-0.1, -0.05) is 23.7 Å². The van der Waals surface area contributed by atoms with E-state index < -0.39 is 6.04 Å². The zero-order valence-electron chi connectivity index (χ0n) is 19.4. The minimum atomic E-state index is -0.444. The zero-order chi connectivity index (χ0) is 24.2. The van der Waals surface area contributed by atoms with Gasteiger partial charge in [-0.2, -0.15) is 5.10 Å². The van der Waals surface area contributed by atoms with Crippen LogP contribution in [-0.4, -0.2) is 45.1 Å². The Balaban J connectivity index is 1.84. The summed E-state index contributed by atoms with van der Waals surface area (Å²) >= 11 is 6.36. The number of hydrogen-bond acceptors (Lipinski definition) is 6. The molecule has 1 amide bonds. The van der Waals surface area contributed by atoms with Crippen LogP contribution in [0.5, 0.6) is 23.0 Å². The van der Waals surface area contributed by atoms with Crippen molar-refractivity contribution in [2.45, 2.75) is 12.5 Å². The Kier molecular flexibility index (Phi) is 6.93. The van der Waals surface area contributed by atoms with Gasteiger partial charge in [-0.25, -0.2) is 5.01 Å². The highest BCUT2D eigenvalue weighted by Gasteiger charge is 2.36. The van der Waals surface area contributed by atoms with Crippen molar-refractivity contribution >= 4 is 23.2 Å². The molecule has 0 spiro atoms.